The molecular formula is C16H19N5O. The van der Waals surface area contributed by atoms with Crippen LogP contribution in [-0.2, 0) is 11.3 Å². The number of hydrogen-bond acceptors (Lipinski definition) is 3. The topological polar surface area (TPSA) is 75.6 Å². The van der Waals surface area contributed by atoms with Gasteiger partial charge in [-0.2, -0.15) is 5.10 Å². The SMILES string of the molecule is CC[C@@H](NC(=O)Cn1ccc2ccccc21)c1n[nH]c(C)n1. The van der Waals surface area contributed by atoms with Crippen molar-refractivity contribution in [3.05, 3.63) is 48.2 Å². The third kappa shape index (κ3) is 2.86. The lowest BCUT2D eigenvalue weighted by Gasteiger charge is -2.14. The zero-order valence-electron chi connectivity index (χ0n) is 12.7. The fourth-order valence-electron chi connectivity index (χ4n) is 2.54. The Hall–Kier alpha value is -2.63. The zero-order valence-corrected chi connectivity index (χ0v) is 12.7. The summed E-state index contributed by atoms with van der Waals surface area (Å²) < 4.78 is 1.95. The summed E-state index contributed by atoms with van der Waals surface area (Å²) in [5, 5.41) is 11.1. The molecule has 1 aromatic carbocycles. The lowest BCUT2D eigenvalue weighted by molar-refractivity contribution is -0.122. The number of H-pyrrole nitrogens is 1. The fourth-order valence-corrected chi connectivity index (χ4v) is 2.54. The van der Waals surface area contributed by atoms with Gasteiger partial charge in [0.15, 0.2) is 5.82 Å². The lowest BCUT2D eigenvalue weighted by Crippen LogP contribution is -2.31. The van der Waals surface area contributed by atoms with Gasteiger partial charge >= 0.3 is 0 Å². The van der Waals surface area contributed by atoms with Crippen molar-refractivity contribution in [1.29, 1.82) is 0 Å². The molecule has 2 aromatic heterocycles. The first kappa shape index (κ1) is 14.3. The number of aromatic nitrogens is 4. The van der Waals surface area contributed by atoms with E-state index in [2.05, 4.69) is 20.5 Å². The Kier molecular flexibility index (Phi) is 3.91. The van der Waals surface area contributed by atoms with Crippen LogP contribution in [0.25, 0.3) is 10.9 Å². The van der Waals surface area contributed by atoms with Gasteiger partial charge in [-0.05, 0) is 30.9 Å². The molecule has 1 amide bonds. The fraction of sp³-hybridized carbons (Fsp3) is 0.312. The smallest absolute Gasteiger partial charge is 0.240 e. The van der Waals surface area contributed by atoms with Gasteiger partial charge in [0, 0.05) is 11.7 Å². The van der Waals surface area contributed by atoms with Gasteiger partial charge in [0.05, 0.1) is 6.04 Å². The molecule has 0 aliphatic carbocycles. The van der Waals surface area contributed by atoms with Gasteiger partial charge in [-0.25, -0.2) is 4.98 Å². The largest absolute Gasteiger partial charge is 0.344 e. The number of rotatable bonds is 5. The average Bonchev–Trinajstić information content (AvgIpc) is 3.12. The minimum absolute atomic E-state index is 0.0457. The first-order valence-corrected chi connectivity index (χ1v) is 7.39. The minimum Gasteiger partial charge on any atom is -0.344 e. The second kappa shape index (κ2) is 6.01. The van der Waals surface area contributed by atoms with Crippen LogP contribution in [0.1, 0.15) is 31.0 Å². The van der Waals surface area contributed by atoms with E-state index in [1.54, 1.807) is 0 Å². The number of para-hydroxylation sites is 1. The number of aromatic amines is 1. The van der Waals surface area contributed by atoms with Gasteiger partial charge in [0.2, 0.25) is 5.91 Å². The Labute approximate surface area is 128 Å². The maximum Gasteiger partial charge on any atom is 0.240 e. The highest BCUT2D eigenvalue weighted by atomic mass is 16.2. The van der Waals surface area contributed by atoms with E-state index in [-0.39, 0.29) is 18.5 Å². The van der Waals surface area contributed by atoms with Gasteiger partial charge in [0.25, 0.3) is 0 Å². The lowest BCUT2D eigenvalue weighted by atomic mass is 10.2. The number of hydrogen-bond donors (Lipinski definition) is 2. The average molecular weight is 297 g/mol. The number of carbonyl (C=O) groups excluding carboxylic acids is 1. The molecule has 114 valence electrons. The maximum absolute atomic E-state index is 12.3. The number of benzene rings is 1. The van der Waals surface area contributed by atoms with Crippen LogP contribution < -0.4 is 5.32 Å². The molecule has 2 heterocycles. The van der Waals surface area contributed by atoms with E-state index in [9.17, 15) is 4.79 Å². The number of nitrogens with one attached hydrogen (secondary N) is 2. The second-order valence-electron chi connectivity index (χ2n) is 5.31. The number of carbonyl (C=O) groups is 1. The summed E-state index contributed by atoms with van der Waals surface area (Å²) in [6, 6.07) is 9.86. The van der Waals surface area contributed by atoms with E-state index >= 15 is 0 Å². The van der Waals surface area contributed by atoms with E-state index in [0.29, 0.717) is 5.82 Å². The Morgan fingerprint density at radius 2 is 2.18 bits per heavy atom. The minimum atomic E-state index is -0.167. The van der Waals surface area contributed by atoms with E-state index in [4.69, 9.17) is 0 Å². The first-order valence-electron chi connectivity index (χ1n) is 7.39. The first-order chi connectivity index (χ1) is 10.7. The Bertz CT molecular complexity index is 789. The monoisotopic (exact) mass is 297 g/mol. The standard InChI is InChI=1S/C16H19N5O/c1-3-13(16-17-11(2)19-20-16)18-15(22)10-21-9-8-12-6-4-5-7-14(12)21/h4-9,13H,3,10H2,1-2H3,(H,18,22)(H,17,19,20)/t13-/m1/s1. The van der Waals surface area contributed by atoms with Crippen molar-refractivity contribution in [3.8, 4) is 0 Å². The molecule has 0 spiro atoms. The Morgan fingerprint density at radius 3 is 2.91 bits per heavy atom. The van der Waals surface area contributed by atoms with Gasteiger partial charge in [-0.15, -0.1) is 0 Å². The summed E-state index contributed by atoms with van der Waals surface area (Å²) >= 11 is 0. The highest BCUT2D eigenvalue weighted by Crippen LogP contribution is 2.16. The van der Waals surface area contributed by atoms with Crippen molar-refractivity contribution in [2.45, 2.75) is 32.9 Å². The highest BCUT2D eigenvalue weighted by Gasteiger charge is 2.17. The second-order valence-corrected chi connectivity index (χ2v) is 5.31. The third-order valence-corrected chi connectivity index (χ3v) is 3.66. The summed E-state index contributed by atoms with van der Waals surface area (Å²) in [6.07, 6.45) is 2.68. The molecule has 0 saturated heterocycles. The van der Waals surface area contributed by atoms with E-state index < -0.39 is 0 Å². The zero-order chi connectivity index (χ0) is 15.5. The third-order valence-electron chi connectivity index (χ3n) is 3.66. The Morgan fingerprint density at radius 1 is 1.36 bits per heavy atom. The van der Waals surface area contributed by atoms with Crippen LogP contribution in [0.5, 0.6) is 0 Å². The summed E-state index contributed by atoms with van der Waals surface area (Å²) in [4.78, 5) is 16.6. The van der Waals surface area contributed by atoms with Crippen LogP contribution in [0.3, 0.4) is 0 Å². The van der Waals surface area contributed by atoms with Crippen molar-refractivity contribution < 1.29 is 4.79 Å². The van der Waals surface area contributed by atoms with Crippen molar-refractivity contribution >= 4 is 16.8 Å². The summed E-state index contributed by atoms with van der Waals surface area (Å²) in [7, 11) is 0. The predicted octanol–water partition coefficient (Wildman–Crippen LogP) is 2.34. The van der Waals surface area contributed by atoms with Crippen LogP contribution in [-0.4, -0.2) is 25.7 Å². The van der Waals surface area contributed by atoms with Crippen LogP contribution in [0.2, 0.25) is 0 Å². The maximum atomic E-state index is 12.3. The molecule has 0 aliphatic heterocycles. The molecule has 3 rings (SSSR count). The van der Waals surface area contributed by atoms with Crippen molar-refractivity contribution in [2.75, 3.05) is 0 Å². The van der Waals surface area contributed by atoms with Crippen LogP contribution in [0.4, 0.5) is 0 Å². The molecule has 6 heteroatoms. The number of fused-ring (bicyclic) bond motifs is 1. The van der Waals surface area contributed by atoms with Crippen LogP contribution in [0.15, 0.2) is 36.5 Å². The highest BCUT2D eigenvalue weighted by molar-refractivity contribution is 5.83. The molecule has 0 fully saturated rings. The normalized spacial score (nSPS) is 12.5. The Balaban J connectivity index is 1.71. The molecule has 0 saturated carbocycles. The summed E-state index contributed by atoms with van der Waals surface area (Å²) in [5.74, 6) is 1.33. The van der Waals surface area contributed by atoms with Crippen LogP contribution in [0, 0.1) is 6.92 Å². The molecule has 22 heavy (non-hydrogen) atoms. The number of amides is 1. The number of aryl methyl sites for hydroxylation is 1. The van der Waals surface area contributed by atoms with Crippen molar-refractivity contribution in [2.24, 2.45) is 0 Å². The predicted molar refractivity (Wildman–Crippen MR) is 84.2 cm³/mol. The van der Waals surface area contributed by atoms with E-state index in [1.165, 1.54) is 0 Å². The molecule has 0 aliphatic rings. The molecular weight excluding hydrogens is 278 g/mol. The van der Waals surface area contributed by atoms with Gasteiger partial charge in [0.1, 0.15) is 12.4 Å². The van der Waals surface area contributed by atoms with Crippen molar-refractivity contribution in [1.82, 2.24) is 25.1 Å². The van der Waals surface area contributed by atoms with Gasteiger partial charge in [-0.1, -0.05) is 25.1 Å². The molecule has 2 N–H and O–H groups in total. The van der Waals surface area contributed by atoms with Crippen LogP contribution >= 0.6 is 0 Å². The van der Waals surface area contributed by atoms with Crippen molar-refractivity contribution in [3.63, 3.8) is 0 Å². The molecule has 6 nitrogen and oxygen atoms in total. The number of nitrogens with zero attached hydrogens (tertiary/aromatic N) is 3. The van der Waals surface area contributed by atoms with E-state index in [1.807, 2.05) is 54.9 Å². The molecule has 1 atom stereocenters. The summed E-state index contributed by atoms with van der Waals surface area (Å²) in [5.41, 5.74) is 1.06. The quantitative estimate of drug-likeness (QED) is 0.759. The van der Waals surface area contributed by atoms with Gasteiger partial charge in [-0.3, -0.25) is 9.89 Å². The summed E-state index contributed by atoms with van der Waals surface area (Å²) in [6.45, 7) is 4.13. The molecule has 0 bridgehead atoms. The molecule has 0 unspecified atom stereocenters. The van der Waals surface area contributed by atoms with Gasteiger partial charge < -0.3 is 9.88 Å². The molecule has 0 radical (unpaired) electrons. The van der Waals surface area contributed by atoms with E-state index in [0.717, 1.165) is 23.1 Å². The molecule has 3 aromatic rings.